The lowest BCUT2D eigenvalue weighted by atomic mass is 10.2. The van der Waals surface area contributed by atoms with E-state index in [0.29, 0.717) is 28.5 Å². The Bertz CT molecular complexity index is 1600. The van der Waals surface area contributed by atoms with Crippen LogP contribution in [0.5, 0.6) is 11.5 Å². The first-order valence-corrected chi connectivity index (χ1v) is 11.7. The summed E-state index contributed by atoms with van der Waals surface area (Å²) in [5, 5.41) is 7.75. The topological polar surface area (TPSA) is 87.8 Å². The molecule has 2 aromatic carbocycles. The van der Waals surface area contributed by atoms with Crippen molar-refractivity contribution < 1.29 is 22.7 Å². The van der Waals surface area contributed by atoms with Crippen LogP contribution in [-0.2, 0) is 6.61 Å². The quantitative estimate of drug-likeness (QED) is 0.253. The molecule has 0 radical (unpaired) electrons. The molecule has 6 rings (SSSR count). The van der Waals surface area contributed by atoms with Crippen molar-refractivity contribution in [2.75, 3.05) is 7.11 Å². The van der Waals surface area contributed by atoms with Crippen molar-refractivity contribution in [1.82, 2.24) is 19.6 Å². The predicted octanol–water partition coefficient (Wildman–Crippen LogP) is 6.48. The van der Waals surface area contributed by atoms with E-state index in [9.17, 15) is 4.39 Å². The van der Waals surface area contributed by atoms with E-state index < -0.39 is 6.17 Å². The molecule has 0 fully saturated rings. The van der Waals surface area contributed by atoms with Crippen LogP contribution in [-0.4, -0.2) is 26.7 Å². The number of hydrogen-bond acceptors (Lipinski definition) is 8. The van der Waals surface area contributed by atoms with Crippen LogP contribution >= 0.6 is 11.3 Å². The molecule has 1 atom stereocenters. The molecule has 0 amide bonds. The molecule has 0 saturated heterocycles. The van der Waals surface area contributed by atoms with E-state index in [-0.39, 0.29) is 18.3 Å². The molecule has 176 valence electrons. The minimum Gasteiger partial charge on any atom is -0.496 e. The largest absolute Gasteiger partial charge is 0.496 e. The van der Waals surface area contributed by atoms with Crippen molar-refractivity contribution in [2.45, 2.75) is 19.7 Å². The minimum absolute atomic E-state index is 0.0264. The molecule has 6 aromatic rings. The molecule has 0 bridgehead atoms. The van der Waals surface area contributed by atoms with E-state index in [1.165, 1.54) is 11.4 Å². The maximum Gasteiger partial charge on any atom is 0.325 e. The van der Waals surface area contributed by atoms with Gasteiger partial charge in [-0.1, -0.05) is 30.3 Å². The van der Waals surface area contributed by atoms with Gasteiger partial charge in [0.1, 0.15) is 34.4 Å². The summed E-state index contributed by atoms with van der Waals surface area (Å²) in [6, 6.07) is 15.4. The zero-order chi connectivity index (χ0) is 23.9. The third-order valence-electron chi connectivity index (χ3n) is 5.41. The average Bonchev–Trinajstić information content (AvgIpc) is 3.65. The Morgan fingerprint density at radius 3 is 2.74 bits per heavy atom. The van der Waals surface area contributed by atoms with Crippen molar-refractivity contribution in [2.24, 2.45) is 0 Å². The molecule has 8 nitrogen and oxygen atoms in total. The fraction of sp³-hybridized carbons (Fsp3) is 0.160. The molecule has 0 N–H and O–H groups in total. The molecule has 0 aliphatic rings. The van der Waals surface area contributed by atoms with E-state index in [0.717, 1.165) is 21.7 Å². The molecule has 4 heterocycles. The van der Waals surface area contributed by atoms with E-state index in [1.54, 1.807) is 30.7 Å². The molecule has 10 heteroatoms. The fourth-order valence-corrected chi connectivity index (χ4v) is 4.49. The van der Waals surface area contributed by atoms with Crippen LogP contribution in [0, 0.1) is 0 Å². The van der Waals surface area contributed by atoms with Crippen LogP contribution in [0.1, 0.15) is 24.7 Å². The van der Waals surface area contributed by atoms with Gasteiger partial charge in [0.25, 0.3) is 5.89 Å². The maximum absolute atomic E-state index is 13.5. The summed E-state index contributed by atoms with van der Waals surface area (Å²) in [6.07, 6.45) is 0.306. The van der Waals surface area contributed by atoms with E-state index in [4.69, 9.17) is 23.3 Å². The number of aromatic nitrogens is 4. The van der Waals surface area contributed by atoms with Crippen LogP contribution in [0.2, 0.25) is 0 Å². The SMILES string of the molecule is COc1cc(OCc2csc(-c3ccccc3)n2)c2cc(-c3cn4nc(C(C)F)oc4n3)oc2c1. The number of ether oxygens (including phenoxy) is 2. The van der Waals surface area contributed by atoms with E-state index in [2.05, 4.69) is 10.1 Å². The first kappa shape index (κ1) is 21.4. The predicted molar refractivity (Wildman–Crippen MR) is 128 cm³/mol. The second-order valence-electron chi connectivity index (χ2n) is 7.86. The molecule has 0 aliphatic heterocycles. The van der Waals surface area contributed by atoms with Crippen LogP contribution in [0.3, 0.4) is 0 Å². The standard InChI is InChI=1S/C25H19FN4O4S/c1-14(26)23-29-30-11-19(28-25(30)34-23)22-10-18-20(8-17(31-2)9-21(18)33-22)32-12-16-13-35-24(27-16)15-6-4-3-5-7-15/h3-11,13-14H,12H2,1-2H3. The van der Waals surface area contributed by atoms with Gasteiger partial charge in [0.15, 0.2) is 11.9 Å². The summed E-state index contributed by atoms with van der Waals surface area (Å²) in [7, 11) is 1.58. The fourth-order valence-electron chi connectivity index (χ4n) is 3.68. The van der Waals surface area contributed by atoms with Gasteiger partial charge in [0.2, 0.25) is 0 Å². The van der Waals surface area contributed by atoms with Crippen molar-refractivity contribution in [3.05, 3.63) is 71.7 Å². The highest BCUT2D eigenvalue weighted by Crippen LogP contribution is 2.37. The van der Waals surface area contributed by atoms with Crippen LogP contribution in [0.15, 0.2) is 68.9 Å². The lowest BCUT2D eigenvalue weighted by Gasteiger charge is -2.07. The lowest BCUT2D eigenvalue weighted by Crippen LogP contribution is -1.96. The van der Waals surface area contributed by atoms with Gasteiger partial charge >= 0.3 is 5.84 Å². The van der Waals surface area contributed by atoms with Gasteiger partial charge in [-0.3, -0.25) is 0 Å². The number of thiazole rings is 1. The smallest absolute Gasteiger partial charge is 0.325 e. The minimum atomic E-state index is -1.32. The lowest BCUT2D eigenvalue weighted by molar-refractivity contribution is 0.303. The normalized spacial score (nSPS) is 12.4. The number of fused-ring (bicyclic) bond motifs is 2. The molecule has 35 heavy (non-hydrogen) atoms. The molecular formula is C25H19FN4O4S. The Labute approximate surface area is 202 Å². The average molecular weight is 491 g/mol. The number of alkyl halides is 1. The van der Waals surface area contributed by atoms with E-state index >= 15 is 0 Å². The van der Waals surface area contributed by atoms with Gasteiger partial charge in [0, 0.05) is 23.1 Å². The summed E-state index contributed by atoms with van der Waals surface area (Å²) in [5.74, 6) is 1.85. The molecule has 0 aliphatic carbocycles. The van der Waals surface area contributed by atoms with Crippen LogP contribution < -0.4 is 9.47 Å². The van der Waals surface area contributed by atoms with Gasteiger partial charge in [-0.05, 0) is 13.0 Å². The van der Waals surface area contributed by atoms with E-state index in [1.807, 2.05) is 47.8 Å². The Hall–Kier alpha value is -4.18. The van der Waals surface area contributed by atoms with Crippen molar-refractivity contribution in [1.29, 1.82) is 0 Å². The van der Waals surface area contributed by atoms with Gasteiger partial charge in [0.05, 0.1) is 24.4 Å². The summed E-state index contributed by atoms with van der Waals surface area (Å²) >= 11 is 1.57. The Morgan fingerprint density at radius 2 is 1.97 bits per heavy atom. The van der Waals surface area contributed by atoms with Crippen molar-refractivity contribution >= 4 is 28.2 Å². The number of halogens is 1. The summed E-state index contributed by atoms with van der Waals surface area (Å²) in [4.78, 5) is 9.06. The second-order valence-corrected chi connectivity index (χ2v) is 8.71. The number of furan rings is 1. The van der Waals surface area contributed by atoms with Gasteiger partial charge < -0.3 is 18.3 Å². The molecule has 4 aromatic heterocycles. The van der Waals surface area contributed by atoms with Gasteiger partial charge in [-0.25, -0.2) is 9.37 Å². The second kappa shape index (κ2) is 8.55. The van der Waals surface area contributed by atoms with Crippen LogP contribution in [0.25, 0.3) is 38.8 Å². The highest BCUT2D eigenvalue weighted by Gasteiger charge is 2.19. The highest BCUT2D eigenvalue weighted by molar-refractivity contribution is 7.13. The van der Waals surface area contributed by atoms with Gasteiger partial charge in [-0.2, -0.15) is 9.50 Å². The monoisotopic (exact) mass is 490 g/mol. The van der Waals surface area contributed by atoms with Crippen LogP contribution in [0.4, 0.5) is 4.39 Å². The van der Waals surface area contributed by atoms with Crippen molar-refractivity contribution in [3.63, 3.8) is 0 Å². The number of rotatable bonds is 7. The first-order valence-electron chi connectivity index (χ1n) is 10.8. The molecule has 1 unspecified atom stereocenters. The molecule has 0 saturated carbocycles. The summed E-state index contributed by atoms with van der Waals surface area (Å²) in [6.45, 7) is 1.64. The number of methoxy groups -OCH3 is 1. The Morgan fingerprint density at radius 1 is 1.11 bits per heavy atom. The Kier molecular flexibility index (Phi) is 5.22. The maximum atomic E-state index is 13.5. The third-order valence-corrected chi connectivity index (χ3v) is 6.35. The van der Waals surface area contributed by atoms with Gasteiger partial charge in [-0.15, -0.1) is 16.4 Å². The Balaban J connectivity index is 1.29. The summed E-state index contributed by atoms with van der Waals surface area (Å²) < 4.78 is 37.8. The van der Waals surface area contributed by atoms with Crippen molar-refractivity contribution in [3.8, 4) is 33.5 Å². The third kappa shape index (κ3) is 4.01. The zero-order valence-corrected chi connectivity index (χ0v) is 19.6. The number of imidazole rings is 1. The highest BCUT2D eigenvalue weighted by atomic mass is 32.1. The zero-order valence-electron chi connectivity index (χ0n) is 18.8. The summed E-state index contributed by atoms with van der Waals surface area (Å²) in [5.41, 5.74) is 2.98. The number of benzene rings is 2. The molecule has 0 spiro atoms. The number of hydrogen-bond donors (Lipinski definition) is 0. The number of nitrogens with zero attached hydrogens (tertiary/aromatic N) is 4. The first-order chi connectivity index (χ1) is 17.1. The molecular weight excluding hydrogens is 471 g/mol.